The van der Waals surface area contributed by atoms with Crippen LogP contribution in [0.25, 0.3) is 0 Å². The molecule has 0 fully saturated rings. The van der Waals surface area contributed by atoms with Crippen LogP contribution in [-0.4, -0.2) is 38.3 Å². The molecule has 0 bridgehead atoms. The Morgan fingerprint density at radius 3 is 2.62 bits per heavy atom. The van der Waals surface area contributed by atoms with E-state index in [4.69, 9.17) is 5.73 Å². The second-order valence-electron chi connectivity index (χ2n) is 6.49. The standard InChI is InChI=1S/C19H32N7/c1-21-12-4-5-14-26-16-15-25(3)19(26)23-22-17-7-9-18(10-8-17)24(2)13-6-11-20/h7-10,15-16,21H,4-6,11-14,20H2,1-3H3/q+1. The maximum atomic E-state index is 5.57. The summed E-state index contributed by atoms with van der Waals surface area (Å²) in [5.74, 6) is 0.860. The third-order valence-electron chi connectivity index (χ3n) is 4.36. The summed E-state index contributed by atoms with van der Waals surface area (Å²) in [4.78, 5) is 2.20. The lowest BCUT2D eigenvalue weighted by Crippen LogP contribution is -2.25. The molecule has 0 aliphatic carbocycles. The van der Waals surface area contributed by atoms with Gasteiger partial charge < -0.3 is 16.0 Å². The Kier molecular flexibility index (Phi) is 8.24. The highest BCUT2D eigenvalue weighted by atomic mass is 15.3. The monoisotopic (exact) mass is 358 g/mol. The van der Waals surface area contributed by atoms with E-state index in [2.05, 4.69) is 50.4 Å². The lowest BCUT2D eigenvalue weighted by Gasteiger charge is -2.18. The zero-order chi connectivity index (χ0) is 18.8. The van der Waals surface area contributed by atoms with Crippen molar-refractivity contribution in [2.45, 2.75) is 25.8 Å². The number of nitrogens with zero attached hydrogens (tertiary/aromatic N) is 5. The van der Waals surface area contributed by atoms with E-state index < -0.39 is 0 Å². The van der Waals surface area contributed by atoms with Gasteiger partial charge in [0.15, 0.2) is 0 Å². The minimum absolute atomic E-state index is 0.711. The van der Waals surface area contributed by atoms with Gasteiger partial charge in [0.05, 0.1) is 26.0 Å². The quantitative estimate of drug-likeness (QED) is 0.368. The molecule has 0 radical (unpaired) electrons. The molecular formula is C19H32N7+. The van der Waals surface area contributed by atoms with Crippen molar-refractivity contribution in [3.8, 4) is 0 Å². The first-order valence-electron chi connectivity index (χ1n) is 9.28. The molecule has 0 saturated carbocycles. The highest BCUT2D eigenvalue weighted by Crippen LogP contribution is 2.21. The average Bonchev–Trinajstić information content (AvgIpc) is 3.01. The minimum atomic E-state index is 0.711. The Hall–Kier alpha value is -2.25. The number of nitrogens with one attached hydrogen (secondary N) is 1. The topological polar surface area (TPSA) is 74.8 Å². The number of hydrogen-bond acceptors (Lipinski definition) is 5. The van der Waals surface area contributed by atoms with Gasteiger partial charge in [-0.3, -0.25) is 0 Å². The lowest BCUT2D eigenvalue weighted by molar-refractivity contribution is -0.657. The second kappa shape index (κ2) is 10.7. The SMILES string of the molecule is CNCCCCn1cc[n+](C)c1N=Nc1ccc(N(C)CCCN)cc1. The van der Waals surface area contributed by atoms with E-state index in [1.54, 1.807) is 0 Å². The first-order valence-corrected chi connectivity index (χ1v) is 9.28. The maximum Gasteiger partial charge on any atom is 0.421 e. The van der Waals surface area contributed by atoms with Crippen molar-refractivity contribution in [3.05, 3.63) is 36.7 Å². The van der Waals surface area contributed by atoms with Crippen LogP contribution < -0.4 is 20.5 Å². The molecule has 0 aliphatic rings. The summed E-state index contributed by atoms with van der Waals surface area (Å²) in [7, 11) is 6.05. The number of hydrogen-bond donors (Lipinski definition) is 2. The van der Waals surface area contributed by atoms with Gasteiger partial charge in [0.25, 0.3) is 0 Å². The van der Waals surface area contributed by atoms with Gasteiger partial charge in [0, 0.05) is 24.4 Å². The van der Waals surface area contributed by atoms with Gasteiger partial charge >= 0.3 is 5.95 Å². The summed E-state index contributed by atoms with van der Waals surface area (Å²) < 4.78 is 4.14. The van der Waals surface area contributed by atoms with E-state index in [-0.39, 0.29) is 0 Å². The van der Waals surface area contributed by atoms with E-state index in [0.717, 1.165) is 56.2 Å². The van der Waals surface area contributed by atoms with Gasteiger partial charge in [0.2, 0.25) is 0 Å². The number of anilines is 1. The van der Waals surface area contributed by atoms with Crippen LogP contribution in [0.3, 0.4) is 0 Å². The number of benzene rings is 1. The van der Waals surface area contributed by atoms with Crippen LogP contribution in [0, 0.1) is 0 Å². The molecule has 0 unspecified atom stereocenters. The molecular weight excluding hydrogens is 326 g/mol. The highest BCUT2D eigenvalue weighted by Gasteiger charge is 2.14. The third kappa shape index (κ3) is 5.93. The zero-order valence-electron chi connectivity index (χ0n) is 16.2. The van der Waals surface area contributed by atoms with Crippen molar-refractivity contribution in [2.24, 2.45) is 23.0 Å². The molecule has 3 N–H and O–H groups in total. The van der Waals surface area contributed by atoms with Gasteiger partial charge in [-0.05, 0) is 63.7 Å². The van der Waals surface area contributed by atoms with Gasteiger partial charge in [-0.1, -0.05) is 5.11 Å². The van der Waals surface area contributed by atoms with Crippen molar-refractivity contribution in [2.75, 3.05) is 38.6 Å². The van der Waals surface area contributed by atoms with Crippen molar-refractivity contribution in [1.82, 2.24) is 9.88 Å². The number of rotatable bonds is 11. The summed E-state index contributed by atoms with van der Waals surface area (Å²) >= 11 is 0. The minimum Gasteiger partial charge on any atom is -0.375 e. The number of aryl methyl sites for hydroxylation is 2. The molecule has 0 saturated heterocycles. The van der Waals surface area contributed by atoms with Crippen LogP contribution in [0.2, 0.25) is 0 Å². The number of imidazole rings is 1. The molecule has 7 nitrogen and oxygen atoms in total. The molecule has 1 aromatic heterocycles. The molecule has 7 heteroatoms. The lowest BCUT2D eigenvalue weighted by atomic mass is 10.2. The van der Waals surface area contributed by atoms with E-state index in [1.165, 1.54) is 0 Å². The molecule has 26 heavy (non-hydrogen) atoms. The fourth-order valence-electron chi connectivity index (χ4n) is 2.74. The smallest absolute Gasteiger partial charge is 0.375 e. The van der Waals surface area contributed by atoms with Crippen LogP contribution in [0.15, 0.2) is 46.9 Å². The van der Waals surface area contributed by atoms with Gasteiger partial charge in [0.1, 0.15) is 5.69 Å². The first-order chi connectivity index (χ1) is 12.7. The van der Waals surface area contributed by atoms with E-state index in [9.17, 15) is 0 Å². The van der Waals surface area contributed by atoms with Gasteiger partial charge in [-0.2, -0.15) is 0 Å². The zero-order valence-corrected chi connectivity index (χ0v) is 16.2. The second-order valence-corrected chi connectivity index (χ2v) is 6.49. The summed E-state index contributed by atoms with van der Waals surface area (Å²) in [5, 5.41) is 12.1. The highest BCUT2D eigenvalue weighted by molar-refractivity contribution is 5.52. The molecule has 0 amide bonds. The molecule has 1 aromatic carbocycles. The Bertz CT molecular complexity index is 676. The van der Waals surface area contributed by atoms with Crippen LogP contribution in [0.4, 0.5) is 17.3 Å². The molecule has 0 atom stereocenters. The molecule has 2 aromatic rings. The first kappa shape index (κ1) is 20.1. The van der Waals surface area contributed by atoms with Crippen LogP contribution in [0.5, 0.6) is 0 Å². The fourth-order valence-corrected chi connectivity index (χ4v) is 2.74. The number of aromatic nitrogens is 2. The van der Waals surface area contributed by atoms with Gasteiger partial charge in [-0.15, -0.1) is 0 Å². The Balaban J connectivity index is 1.99. The predicted molar refractivity (Wildman–Crippen MR) is 106 cm³/mol. The summed E-state index contributed by atoms with van der Waals surface area (Å²) in [6, 6.07) is 8.14. The van der Waals surface area contributed by atoms with Crippen LogP contribution >= 0.6 is 0 Å². The maximum absolute atomic E-state index is 5.57. The van der Waals surface area contributed by atoms with E-state index in [0.29, 0.717) is 6.54 Å². The summed E-state index contributed by atoms with van der Waals surface area (Å²) in [6.07, 6.45) is 7.32. The van der Waals surface area contributed by atoms with Gasteiger partial charge in [-0.25, -0.2) is 9.13 Å². The third-order valence-corrected chi connectivity index (χ3v) is 4.36. The number of nitrogens with two attached hydrogens (primary N) is 1. The molecule has 0 spiro atoms. The van der Waals surface area contributed by atoms with E-state index in [1.807, 2.05) is 37.0 Å². The van der Waals surface area contributed by atoms with Crippen LogP contribution in [0.1, 0.15) is 19.3 Å². The summed E-state index contributed by atoms with van der Waals surface area (Å²) in [6.45, 7) is 3.65. The van der Waals surface area contributed by atoms with Crippen molar-refractivity contribution in [3.63, 3.8) is 0 Å². The summed E-state index contributed by atoms with van der Waals surface area (Å²) in [5.41, 5.74) is 7.59. The van der Waals surface area contributed by atoms with Crippen LogP contribution in [-0.2, 0) is 13.6 Å². The molecule has 2 rings (SSSR count). The average molecular weight is 359 g/mol. The fraction of sp³-hybridized carbons (Fsp3) is 0.526. The Morgan fingerprint density at radius 2 is 1.92 bits per heavy atom. The molecule has 142 valence electrons. The van der Waals surface area contributed by atoms with Crippen molar-refractivity contribution in [1.29, 1.82) is 0 Å². The Labute approximate surface area is 156 Å². The molecule has 1 heterocycles. The predicted octanol–water partition coefficient (Wildman–Crippen LogP) is 2.51. The number of azo groups is 1. The normalized spacial score (nSPS) is 11.4. The van der Waals surface area contributed by atoms with E-state index >= 15 is 0 Å². The Morgan fingerprint density at radius 1 is 1.15 bits per heavy atom. The largest absolute Gasteiger partial charge is 0.421 e. The van der Waals surface area contributed by atoms with Crippen molar-refractivity contribution >= 4 is 17.3 Å². The molecule has 0 aliphatic heterocycles. The van der Waals surface area contributed by atoms with Crippen molar-refractivity contribution < 1.29 is 4.57 Å². The number of unbranched alkanes of at least 4 members (excludes halogenated alkanes) is 1.